The lowest BCUT2D eigenvalue weighted by atomic mass is 10.0. The Morgan fingerprint density at radius 2 is 1.89 bits per heavy atom. The third-order valence-corrected chi connectivity index (χ3v) is 4.13. The van der Waals surface area contributed by atoms with Crippen molar-refractivity contribution in [3.05, 3.63) is 70.8 Å². The molecule has 0 heterocycles. The summed E-state index contributed by atoms with van der Waals surface area (Å²) in [5.41, 5.74) is 5.74. The van der Waals surface area contributed by atoms with Crippen LogP contribution in [0.1, 0.15) is 47.7 Å². The van der Waals surface area contributed by atoms with E-state index in [0.717, 1.165) is 0 Å². The highest BCUT2D eigenvalue weighted by Crippen LogP contribution is 2.33. The van der Waals surface area contributed by atoms with E-state index in [0.29, 0.717) is 12.1 Å². The zero-order valence-electron chi connectivity index (χ0n) is 11.7. The largest absolute Gasteiger partial charge is 0.303 e. The number of hydrogen-bond donors (Lipinski definition) is 1. The third kappa shape index (κ3) is 2.57. The lowest BCUT2D eigenvalue weighted by Gasteiger charge is -2.21. The van der Waals surface area contributed by atoms with Gasteiger partial charge in [0.1, 0.15) is 0 Å². The summed E-state index contributed by atoms with van der Waals surface area (Å²) in [4.78, 5) is 0. The molecule has 2 aromatic carbocycles. The molecule has 2 aromatic rings. The molecule has 1 aliphatic rings. The van der Waals surface area contributed by atoms with Gasteiger partial charge < -0.3 is 5.32 Å². The maximum atomic E-state index is 3.78. The van der Waals surface area contributed by atoms with Crippen LogP contribution in [0, 0.1) is 6.92 Å². The first-order valence-corrected chi connectivity index (χ1v) is 7.14. The van der Waals surface area contributed by atoms with Crippen molar-refractivity contribution in [3.63, 3.8) is 0 Å². The van der Waals surface area contributed by atoms with E-state index < -0.39 is 0 Å². The summed E-state index contributed by atoms with van der Waals surface area (Å²) < 4.78 is 0. The predicted octanol–water partition coefficient (Wildman–Crippen LogP) is 4.33. The monoisotopic (exact) mass is 251 g/mol. The molecule has 1 heteroatoms. The maximum Gasteiger partial charge on any atom is 0.0331 e. The molecular weight excluding hydrogens is 230 g/mol. The molecule has 0 bridgehead atoms. The fourth-order valence-electron chi connectivity index (χ4n) is 3.03. The number of rotatable bonds is 3. The molecule has 0 amide bonds. The van der Waals surface area contributed by atoms with Crippen molar-refractivity contribution in [2.45, 2.75) is 38.8 Å². The summed E-state index contributed by atoms with van der Waals surface area (Å²) in [6, 6.07) is 18.5. The van der Waals surface area contributed by atoms with Crippen LogP contribution in [0.5, 0.6) is 0 Å². The molecule has 0 radical (unpaired) electrons. The molecule has 0 saturated heterocycles. The summed E-state index contributed by atoms with van der Waals surface area (Å²) in [5.74, 6) is 0. The van der Waals surface area contributed by atoms with Crippen LogP contribution in [0.4, 0.5) is 0 Å². The first-order chi connectivity index (χ1) is 9.24. The van der Waals surface area contributed by atoms with Gasteiger partial charge in [0.25, 0.3) is 0 Å². The zero-order chi connectivity index (χ0) is 13.2. The molecule has 1 N–H and O–H groups in total. The molecule has 0 spiro atoms. The molecule has 1 aliphatic carbocycles. The molecule has 1 nitrogen and oxygen atoms in total. The van der Waals surface area contributed by atoms with Gasteiger partial charge in [0, 0.05) is 12.1 Å². The molecular formula is C18H21N. The number of hydrogen-bond acceptors (Lipinski definition) is 1. The average molecular weight is 251 g/mol. The summed E-state index contributed by atoms with van der Waals surface area (Å²) in [6.45, 7) is 4.43. The molecule has 0 fully saturated rings. The highest BCUT2D eigenvalue weighted by atomic mass is 14.9. The number of benzene rings is 2. The van der Waals surface area contributed by atoms with E-state index in [1.54, 1.807) is 0 Å². The van der Waals surface area contributed by atoms with Gasteiger partial charge in [-0.2, -0.15) is 0 Å². The van der Waals surface area contributed by atoms with Gasteiger partial charge in [-0.3, -0.25) is 0 Å². The minimum atomic E-state index is 0.401. The van der Waals surface area contributed by atoms with Gasteiger partial charge in [0.05, 0.1) is 0 Å². The Hall–Kier alpha value is -1.60. The fraction of sp³-hybridized carbons (Fsp3) is 0.333. The van der Waals surface area contributed by atoms with Gasteiger partial charge >= 0.3 is 0 Å². The molecule has 0 saturated carbocycles. The van der Waals surface area contributed by atoms with Crippen molar-refractivity contribution < 1.29 is 0 Å². The van der Waals surface area contributed by atoms with E-state index in [2.05, 4.69) is 67.7 Å². The van der Waals surface area contributed by atoms with Crippen molar-refractivity contribution in [2.24, 2.45) is 0 Å². The van der Waals surface area contributed by atoms with Crippen molar-refractivity contribution in [1.82, 2.24) is 5.32 Å². The summed E-state index contributed by atoms with van der Waals surface area (Å²) >= 11 is 0. The summed E-state index contributed by atoms with van der Waals surface area (Å²) in [7, 11) is 0. The Morgan fingerprint density at radius 1 is 1.11 bits per heavy atom. The van der Waals surface area contributed by atoms with Crippen LogP contribution in [-0.2, 0) is 6.42 Å². The van der Waals surface area contributed by atoms with Crippen LogP contribution < -0.4 is 5.32 Å². The quantitative estimate of drug-likeness (QED) is 0.856. The van der Waals surface area contributed by atoms with E-state index in [1.165, 1.54) is 35.1 Å². The Morgan fingerprint density at radius 3 is 2.68 bits per heavy atom. The van der Waals surface area contributed by atoms with Crippen LogP contribution in [-0.4, -0.2) is 0 Å². The third-order valence-electron chi connectivity index (χ3n) is 4.13. The van der Waals surface area contributed by atoms with Gasteiger partial charge in [-0.05, 0) is 43.4 Å². The smallest absolute Gasteiger partial charge is 0.0331 e. The Balaban J connectivity index is 1.78. The number of nitrogens with one attached hydrogen (secondary N) is 1. The second kappa shape index (κ2) is 5.18. The normalized spacial score (nSPS) is 19.2. The van der Waals surface area contributed by atoms with Crippen LogP contribution in [0.25, 0.3) is 0 Å². The molecule has 0 aromatic heterocycles. The fourth-order valence-corrected chi connectivity index (χ4v) is 3.03. The van der Waals surface area contributed by atoms with Crippen molar-refractivity contribution in [2.75, 3.05) is 0 Å². The van der Waals surface area contributed by atoms with E-state index >= 15 is 0 Å². The molecule has 2 atom stereocenters. The Bertz CT molecular complexity index is 559. The minimum absolute atomic E-state index is 0.401. The number of aryl methyl sites for hydroxylation is 2. The second-order valence-electron chi connectivity index (χ2n) is 5.59. The van der Waals surface area contributed by atoms with Gasteiger partial charge in [0.15, 0.2) is 0 Å². The summed E-state index contributed by atoms with van der Waals surface area (Å²) in [6.07, 6.45) is 2.42. The number of fused-ring (bicyclic) bond motifs is 1. The predicted molar refractivity (Wildman–Crippen MR) is 80.2 cm³/mol. The SMILES string of the molecule is Cc1ccc2c(c1)C(N[C@H](C)c1ccccc1)CC2. The van der Waals surface area contributed by atoms with E-state index in [4.69, 9.17) is 0 Å². The zero-order valence-corrected chi connectivity index (χ0v) is 11.7. The second-order valence-corrected chi connectivity index (χ2v) is 5.59. The highest BCUT2D eigenvalue weighted by molar-refractivity contribution is 5.38. The molecule has 0 aliphatic heterocycles. The van der Waals surface area contributed by atoms with Crippen molar-refractivity contribution in [1.29, 1.82) is 0 Å². The minimum Gasteiger partial charge on any atom is -0.303 e. The van der Waals surface area contributed by atoms with Crippen LogP contribution in [0.3, 0.4) is 0 Å². The van der Waals surface area contributed by atoms with E-state index in [1.807, 2.05) is 0 Å². The Kier molecular flexibility index (Phi) is 3.39. The first kappa shape index (κ1) is 12.4. The molecule has 98 valence electrons. The van der Waals surface area contributed by atoms with Gasteiger partial charge in [-0.25, -0.2) is 0 Å². The first-order valence-electron chi connectivity index (χ1n) is 7.14. The van der Waals surface area contributed by atoms with E-state index in [9.17, 15) is 0 Å². The van der Waals surface area contributed by atoms with Crippen LogP contribution in [0.15, 0.2) is 48.5 Å². The molecule has 1 unspecified atom stereocenters. The molecule has 3 rings (SSSR count). The Labute approximate surface area is 115 Å². The standard InChI is InChI=1S/C18H21N/c1-13-8-9-16-10-11-18(17(16)12-13)19-14(2)15-6-4-3-5-7-15/h3-9,12,14,18-19H,10-11H2,1-2H3/t14-,18?/m1/s1. The van der Waals surface area contributed by atoms with Crippen LogP contribution >= 0.6 is 0 Å². The topological polar surface area (TPSA) is 12.0 Å². The van der Waals surface area contributed by atoms with Gasteiger partial charge in [-0.1, -0.05) is 54.1 Å². The van der Waals surface area contributed by atoms with Crippen molar-refractivity contribution >= 4 is 0 Å². The average Bonchev–Trinajstić information content (AvgIpc) is 2.82. The summed E-state index contributed by atoms with van der Waals surface area (Å²) in [5, 5.41) is 3.78. The lowest BCUT2D eigenvalue weighted by molar-refractivity contribution is 0.465. The highest BCUT2D eigenvalue weighted by Gasteiger charge is 2.23. The van der Waals surface area contributed by atoms with Gasteiger partial charge in [-0.15, -0.1) is 0 Å². The van der Waals surface area contributed by atoms with Gasteiger partial charge in [0.2, 0.25) is 0 Å². The van der Waals surface area contributed by atoms with E-state index in [-0.39, 0.29) is 0 Å². The molecule has 19 heavy (non-hydrogen) atoms. The van der Waals surface area contributed by atoms with Crippen molar-refractivity contribution in [3.8, 4) is 0 Å². The van der Waals surface area contributed by atoms with Crippen LogP contribution in [0.2, 0.25) is 0 Å². The maximum absolute atomic E-state index is 3.78. The lowest BCUT2D eigenvalue weighted by Crippen LogP contribution is -2.23.